The van der Waals surface area contributed by atoms with Crippen molar-refractivity contribution in [3.63, 3.8) is 0 Å². The van der Waals surface area contributed by atoms with Crippen molar-refractivity contribution in [2.24, 2.45) is 0 Å². The molecule has 2 aromatic rings. The molecule has 88 valence electrons. The van der Waals surface area contributed by atoms with Crippen LogP contribution >= 0.6 is 27.5 Å². The number of hydrogen-bond acceptors (Lipinski definition) is 1. The second-order valence-electron chi connectivity index (χ2n) is 4.02. The van der Waals surface area contributed by atoms with E-state index in [0.29, 0.717) is 5.02 Å². The molecule has 0 aliphatic rings. The van der Waals surface area contributed by atoms with Crippen LogP contribution in [0.25, 0.3) is 0 Å². The predicted molar refractivity (Wildman–Crippen MR) is 74.4 cm³/mol. The molecule has 0 saturated carbocycles. The summed E-state index contributed by atoms with van der Waals surface area (Å²) >= 11 is 9.34. The van der Waals surface area contributed by atoms with E-state index in [-0.39, 0.29) is 0 Å². The van der Waals surface area contributed by atoms with E-state index >= 15 is 0 Å². The van der Waals surface area contributed by atoms with Crippen LogP contribution in [-0.2, 0) is 0 Å². The lowest BCUT2D eigenvalue weighted by molar-refractivity contribution is 0.220. The van der Waals surface area contributed by atoms with Gasteiger partial charge in [-0.15, -0.1) is 0 Å². The SMILES string of the molecule is Cc1cccc(C(O)c2cc(Cl)cc(Br)c2)c1. The van der Waals surface area contributed by atoms with Gasteiger partial charge in [-0.2, -0.15) is 0 Å². The van der Waals surface area contributed by atoms with E-state index in [1.165, 1.54) is 0 Å². The number of aliphatic hydroxyl groups is 1. The summed E-state index contributed by atoms with van der Waals surface area (Å²) in [6.45, 7) is 2.00. The summed E-state index contributed by atoms with van der Waals surface area (Å²) in [6, 6.07) is 13.3. The molecule has 1 atom stereocenters. The Balaban J connectivity index is 2.39. The Bertz CT molecular complexity index is 519. The molecule has 2 aromatic carbocycles. The molecular weight excluding hydrogens is 300 g/mol. The van der Waals surface area contributed by atoms with Crippen molar-refractivity contribution in [2.45, 2.75) is 13.0 Å². The van der Waals surface area contributed by atoms with E-state index in [1.807, 2.05) is 37.3 Å². The van der Waals surface area contributed by atoms with E-state index in [1.54, 1.807) is 12.1 Å². The minimum Gasteiger partial charge on any atom is -0.384 e. The van der Waals surface area contributed by atoms with Gasteiger partial charge < -0.3 is 5.11 Å². The molecule has 0 radical (unpaired) electrons. The summed E-state index contributed by atoms with van der Waals surface area (Å²) < 4.78 is 0.867. The number of hydrogen-bond donors (Lipinski definition) is 1. The monoisotopic (exact) mass is 310 g/mol. The van der Waals surface area contributed by atoms with Crippen molar-refractivity contribution in [2.75, 3.05) is 0 Å². The van der Waals surface area contributed by atoms with E-state index in [9.17, 15) is 5.11 Å². The van der Waals surface area contributed by atoms with E-state index in [2.05, 4.69) is 15.9 Å². The summed E-state index contributed by atoms with van der Waals surface area (Å²) in [5.74, 6) is 0. The number of benzene rings is 2. The summed E-state index contributed by atoms with van der Waals surface area (Å²) in [4.78, 5) is 0. The molecule has 0 spiro atoms. The highest BCUT2D eigenvalue weighted by atomic mass is 79.9. The van der Waals surface area contributed by atoms with Crippen LogP contribution in [-0.4, -0.2) is 5.11 Å². The smallest absolute Gasteiger partial charge is 0.104 e. The lowest BCUT2D eigenvalue weighted by atomic mass is 10.0. The topological polar surface area (TPSA) is 20.2 Å². The van der Waals surface area contributed by atoms with Crippen LogP contribution in [0.5, 0.6) is 0 Å². The highest BCUT2D eigenvalue weighted by Gasteiger charge is 2.11. The molecule has 17 heavy (non-hydrogen) atoms. The lowest BCUT2D eigenvalue weighted by Crippen LogP contribution is -1.99. The minimum atomic E-state index is -0.648. The van der Waals surface area contributed by atoms with Gasteiger partial charge in [0.15, 0.2) is 0 Å². The third kappa shape index (κ3) is 3.09. The normalized spacial score (nSPS) is 12.5. The summed E-state index contributed by atoms with van der Waals surface area (Å²) in [5.41, 5.74) is 2.79. The van der Waals surface area contributed by atoms with Crippen LogP contribution in [0.2, 0.25) is 5.02 Å². The summed E-state index contributed by atoms with van der Waals surface area (Å²) in [7, 11) is 0. The largest absolute Gasteiger partial charge is 0.384 e. The maximum absolute atomic E-state index is 10.3. The molecule has 0 amide bonds. The molecule has 0 aromatic heterocycles. The molecule has 0 aliphatic heterocycles. The number of halogens is 2. The van der Waals surface area contributed by atoms with E-state index in [0.717, 1.165) is 21.2 Å². The Morgan fingerprint density at radius 1 is 1.12 bits per heavy atom. The molecule has 1 N–H and O–H groups in total. The first-order valence-corrected chi connectivity index (χ1v) is 6.44. The standard InChI is InChI=1S/C14H12BrClO/c1-9-3-2-4-10(5-9)14(17)11-6-12(15)8-13(16)7-11/h2-8,14,17H,1H3. The van der Waals surface area contributed by atoms with Crippen LogP contribution in [0.15, 0.2) is 46.9 Å². The molecule has 0 heterocycles. The molecule has 0 aliphatic carbocycles. The van der Waals surface area contributed by atoms with Gasteiger partial charge >= 0.3 is 0 Å². The predicted octanol–water partition coefficient (Wildman–Crippen LogP) is 4.49. The van der Waals surface area contributed by atoms with Crippen LogP contribution in [0.3, 0.4) is 0 Å². The van der Waals surface area contributed by atoms with Gasteiger partial charge in [-0.25, -0.2) is 0 Å². The van der Waals surface area contributed by atoms with Crippen LogP contribution in [0.4, 0.5) is 0 Å². The van der Waals surface area contributed by atoms with Gasteiger partial charge in [0, 0.05) is 9.50 Å². The van der Waals surface area contributed by atoms with Crippen LogP contribution in [0, 0.1) is 6.92 Å². The first-order valence-electron chi connectivity index (χ1n) is 5.27. The summed E-state index contributed by atoms with van der Waals surface area (Å²) in [6.07, 6.45) is -0.648. The molecule has 0 saturated heterocycles. The highest BCUT2D eigenvalue weighted by Crippen LogP contribution is 2.28. The van der Waals surface area contributed by atoms with Crippen molar-refractivity contribution in [1.29, 1.82) is 0 Å². The Labute approximate surface area is 114 Å². The molecule has 0 bridgehead atoms. The van der Waals surface area contributed by atoms with E-state index < -0.39 is 6.10 Å². The fourth-order valence-corrected chi connectivity index (χ4v) is 2.65. The molecular formula is C14H12BrClO. The fourth-order valence-electron chi connectivity index (χ4n) is 1.77. The molecule has 3 heteroatoms. The van der Waals surface area contributed by atoms with Gasteiger partial charge in [0.05, 0.1) is 0 Å². The zero-order valence-electron chi connectivity index (χ0n) is 9.32. The fraction of sp³-hybridized carbons (Fsp3) is 0.143. The van der Waals surface area contributed by atoms with Crippen molar-refractivity contribution < 1.29 is 5.11 Å². The lowest BCUT2D eigenvalue weighted by Gasteiger charge is -2.13. The second-order valence-corrected chi connectivity index (χ2v) is 5.37. The van der Waals surface area contributed by atoms with Gasteiger partial charge in [0.25, 0.3) is 0 Å². The Morgan fingerprint density at radius 2 is 1.88 bits per heavy atom. The maximum Gasteiger partial charge on any atom is 0.104 e. The Hall–Kier alpha value is -0.830. The average Bonchev–Trinajstić information content (AvgIpc) is 2.26. The number of rotatable bonds is 2. The molecule has 1 nitrogen and oxygen atoms in total. The van der Waals surface area contributed by atoms with Gasteiger partial charge in [-0.05, 0) is 36.2 Å². The van der Waals surface area contributed by atoms with Crippen LogP contribution < -0.4 is 0 Å². The van der Waals surface area contributed by atoms with Crippen LogP contribution in [0.1, 0.15) is 22.8 Å². The zero-order chi connectivity index (χ0) is 12.4. The third-order valence-corrected chi connectivity index (χ3v) is 3.23. The first-order chi connectivity index (χ1) is 8.06. The number of aryl methyl sites for hydroxylation is 1. The van der Waals surface area contributed by atoms with E-state index in [4.69, 9.17) is 11.6 Å². The first kappa shape index (κ1) is 12.6. The third-order valence-electron chi connectivity index (χ3n) is 2.56. The van der Waals surface area contributed by atoms with Crippen molar-refractivity contribution in [3.8, 4) is 0 Å². The Morgan fingerprint density at radius 3 is 2.53 bits per heavy atom. The molecule has 1 unspecified atom stereocenters. The average molecular weight is 312 g/mol. The number of aliphatic hydroxyl groups excluding tert-OH is 1. The quantitative estimate of drug-likeness (QED) is 0.866. The summed E-state index contributed by atoms with van der Waals surface area (Å²) in [5, 5.41) is 10.9. The zero-order valence-corrected chi connectivity index (χ0v) is 11.7. The minimum absolute atomic E-state index is 0.612. The van der Waals surface area contributed by atoms with Crippen molar-refractivity contribution in [1.82, 2.24) is 0 Å². The van der Waals surface area contributed by atoms with Gasteiger partial charge in [0.2, 0.25) is 0 Å². The van der Waals surface area contributed by atoms with Crippen molar-refractivity contribution >= 4 is 27.5 Å². The van der Waals surface area contributed by atoms with Gasteiger partial charge in [-0.1, -0.05) is 57.4 Å². The van der Waals surface area contributed by atoms with Gasteiger partial charge in [-0.3, -0.25) is 0 Å². The highest BCUT2D eigenvalue weighted by molar-refractivity contribution is 9.10. The Kier molecular flexibility index (Phi) is 3.87. The second kappa shape index (κ2) is 5.21. The van der Waals surface area contributed by atoms with Crippen molar-refractivity contribution in [3.05, 3.63) is 68.7 Å². The molecule has 0 fully saturated rings. The van der Waals surface area contributed by atoms with Gasteiger partial charge in [0.1, 0.15) is 6.10 Å². The maximum atomic E-state index is 10.3. The molecule has 2 rings (SSSR count).